The molecule has 0 radical (unpaired) electrons. The SMILES string of the molecule is CCCCCCN1N=C2c3ccccc3SCCC2CC1=O. The molecule has 3 rings (SSSR count). The van der Waals surface area contributed by atoms with Crippen LogP contribution in [0.4, 0.5) is 0 Å². The van der Waals surface area contributed by atoms with Gasteiger partial charge < -0.3 is 0 Å². The average Bonchev–Trinajstić information content (AvgIpc) is 2.71. The lowest BCUT2D eigenvalue weighted by Crippen LogP contribution is -2.37. The van der Waals surface area contributed by atoms with Crippen LogP contribution in [0.2, 0.25) is 0 Å². The summed E-state index contributed by atoms with van der Waals surface area (Å²) in [4.78, 5) is 13.7. The third kappa shape index (κ3) is 3.37. The fourth-order valence-electron chi connectivity index (χ4n) is 3.17. The lowest BCUT2D eigenvalue weighted by molar-refractivity contribution is -0.132. The van der Waals surface area contributed by atoms with Crippen LogP contribution in [-0.4, -0.2) is 28.9 Å². The maximum atomic E-state index is 12.3. The number of rotatable bonds is 5. The van der Waals surface area contributed by atoms with Crippen molar-refractivity contribution in [1.82, 2.24) is 5.01 Å². The van der Waals surface area contributed by atoms with Gasteiger partial charge in [-0.3, -0.25) is 4.79 Å². The highest BCUT2D eigenvalue weighted by Crippen LogP contribution is 2.35. The lowest BCUT2D eigenvalue weighted by Gasteiger charge is -2.28. The number of carbonyl (C=O) groups excluding carboxylic acids is 1. The molecule has 0 saturated heterocycles. The van der Waals surface area contributed by atoms with Crippen molar-refractivity contribution in [1.29, 1.82) is 0 Å². The zero-order valence-electron chi connectivity index (χ0n) is 13.3. The van der Waals surface area contributed by atoms with Gasteiger partial charge in [0.15, 0.2) is 0 Å². The zero-order chi connectivity index (χ0) is 15.4. The molecule has 0 saturated carbocycles. The Bertz CT molecular complexity index is 570. The van der Waals surface area contributed by atoms with Crippen molar-refractivity contribution in [3.63, 3.8) is 0 Å². The Balaban J connectivity index is 1.81. The second-order valence-corrected chi connectivity index (χ2v) is 7.23. The first-order valence-corrected chi connectivity index (χ1v) is 9.39. The predicted molar refractivity (Wildman–Crippen MR) is 92.3 cm³/mol. The van der Waals surface area contributed by atoms with Crippen LogP contribution in [0.25, 0.3) is 0 Å². The second-order valence-electron chi connectivity index (χ2n) is 6.10. The molecule has 0 N–H and O–H groups in total. The number of hydrogen-bond acceptors (Lipinski definition) is 3. The molecule has 1 atom stereocenters. The molecule has 4 heteroatoms. The van der Waals surface area contributed by atoms with Crippen LogP contribution in [0, 0.1) is 5.92 Å². The molecule has 2 aliphatic heterocycles. The average molecular weight is 316 g/mol. The molecule has 1 amide bonds. The van der Waals surface area contributed by atoms with Crippen LogP contribution in [0.1, 0.15) is 51.0 Å². The van der Waals surface area contributed by atoms with Crippen molar-refractivity contribution in [2.24, 2.45) is 11.0 Å². The van der Waals surface area contributed by atoms with E-state index in [2.05, 4.69) is 31.2 Å². The Labute approximate surface area is 137 Å². The summed E-state index contributed by atoms with van der Waals surface area (Å²) in [6, 6.07) is 8.49. The van der Waals surface area contributed by atoms with Crippen molar-refractivity contribution in [3.8, 4) is 0 Å². The van der Waals surface area contributed by atoms with Crippen LogP contribution in [-0.2, 0) is 4.79 Å². The normalized spacial score (nSPS) is 21.0. The van der Waals surface area contributed by atoms with E-state index < -0.39 is 0 Å². The molecule has 1 aromatic rings. The first-order valence-electron chi connectivity index (χ1n) is 8.40. The van der Waals surface area contributed by atoms with Crippen molar-refractivity contribution in [2.75, 3.05) is 12.3 Å². The minimum absolute atomic E-state index is 0.203. The standard InChI is InChI=1S/C18H24N2OS/c1-2-3-4-7-11-20-17(21)13-14-10-12-22-16-9-6-5-8-15(16)18(14)19-20/h5-6,8-9,14H,2-4,7,10-13H2,1H3. The highest BCUT2D eigenvalue weighted by Gasteiger charge is 2.32. The van der Waals surface area contributed by atoms with Gasteiger partial charge in [-0.2, -0.15) is 5.10 Å². The van der Waals surface area contributed by atoms with E-state index in [1.165, 1.54) is 29.7 Å². The smallest absolute Gasteiger partial charge is 0.243 e. The van der Waals surface area contributed by atoms with Gasteiger partial charge in [-0.05, 0) is 24.7 Å². The Morgan fingerprint density at radius 1 is 1.27 bits per heavy atom. The summed E-state index contributed by atoms with van der Waals surface area (Å²) in [6.45, 7) is 2.97. The molecule has 0 bridgehead atoms. The Morgan fingerprint density at radius 3 is 3.00 bits per heavy atom. The van der Waals surface area contributed by atoms with Crippen LogP contribution >= 0.6 is 11.8 Å². The molecule has 1 unspecified atom stereocenters. The summed E-state index contributed by atoms with van der Waals surface area (Å²) in [5.74, 6) is 1.58. The quantitative estimate of drug-likeness (QED) is 0.758. The number of hydrazone groups is 1. The molecule has 22 heavy (non-hydrogen) atoms. The van der Waals surface area contributed by atoms with Gasteiger partial charge in [0, 0.05) is 29.3 Å². The molecular weight excluding hydrogens is 292 g/mol. The van der Waals surface area contributed by atoms with Gasteiger partial charge >= 0.3 is 0 Å². The highest BCUT2D eigenvalue weighted by atomic mass is 32.2. The van der Waals surface area contributed by atoms with Crippen molar-refractivity contribution in [2.45, 2.75) is 50.3 Å². The van der Waals surface area contributed by atoms with Gasteiger partial charge in [0.05, 0.1) is 5.71 Å². The van der Waals surface area contributed by atoms with E-state index in [1.807, 2.05) is 11.8 Å². The van der Waals surface area contributed by atoms with E-state index >= 15 is 0 Å². The van der Waals surface area contributed by atoms with Gasteiger partial charge in [0.1, 0.15) is 0 Å². The predicted octanol–water partition coefficient (Wildman–Crippen LogP) is 4.32. The third-order valence-corrected chi connectivity index (χ3v) is 5.54. The van der Waals surface area contributed by atoms with E-state index in [-0.39, 0.29) is 5.91 Å². The number of benzene rings is 1. The molecule has 3 nitrogen and oxygen atoms in total. The number of carbonyl (C=O) groups is 1. The summed E-state index contributed by atoms with van der Waals surface area (Å²) < 4.78 is 0. The monoisotopic (exact) mass is 316 g/mol. The zero-order valence-corrected chi connectivity index (χ0v) is 14.1. The number of fused-ring (bicyclic) bond motifs is 3. The maximum absolute atomic E-state index is 12.3. The molecule has 2 heterocycles. The molecule has 118 valence electrons. The minimum Gasteiger partial charge on any atom is -0.273 e. The molecule has 0 spiro atoms. The Kier molecular flexibility index (Phi) is 5.19. The van der Waals surface area contributed by atoms with E-state index in [0.717, 1.165) is 30.9 Å². The number of nitrogens with zero attached hydrogens (tertiary/aromatic N) is 2. The summed E-state index contributed by atoms with van der Waals surface area (Å²) in [5, 5.41) is 6.50. The number of thioether (sulfide) groups is 1. The van der Waals surface area contributed by atoms with E-state index in [9.17, 15) is 4.79 Å². The molecule has 0 aromatic heterocycles. The highest BCUT2D eigenvalue weighted by molar-refractivity contribution is 7.99. The van der Waals surface area contributed by atoms with E-state index in [0.29, 0.717) is 12.3 Å². The summed E-state index contributed by atoms with van der Waals surface area (Å²) in [7, 11) is 0. The lowest BCUT2D eigenvalue weighted by atomic mass is 9.90. The van der Waals surface area contributed by atoms with Gasteiger partial charge in [-0.25, -0.2) is 5.01 Å². The second kappa shape index (κ2) is 7.32. The van der Waals surface area contributed by atoms with Gasteiger partial charge in [-0.15, -0.1) is 11.8 Å². The van der Waals surface area contributed by atoms with Crippen LogP contribution in [0.5, 0.6) is 0 Å². The molecule has 2 aliphatic rings. The number of amides is 1. The molecule has 1 aromatic carbocycles. The third-order valence-electron chi connectivity index (χ3n) is 4.43. The minimum atomic E-state index is 0.203. The first-order chi connectivity index (χ1) is 10.8. The summed E-state index contributed by atoms with van der Waals surface area (Å²) in [6.07, 6.45) is 6.36. The largest absolute Gasteiger partial charge is 0.273 e. The van der Waals surface area contributed by atoms with E-state index in [4.69, 9.17) is 5.10 Å². The van der Waals surface area contributed by atoms with E-state index in [1.54, 1.807) is 5.01 Å². The van der Waals surface area contributed by atoms with Gasteiger partial charge in [-0.1, -0.05) is 44.4 Å². The molecular formula is C18H24N2OS. The summed E-state index contributed by atoms with van der Waals surface area (Å²) in [5.41, 5.74) is 2.37. The van der Waals surface area contributed by atoms with Crippen molar-refractivity contribution >= 4 is 23.4 Å². The van der Waals surface area contributed by atoms with Gasteiger partial charge in [0.25, 0.3) is 0 Å². The van der Waals surface area contributed by atoms with Crippen molar-refractivity contribution in [3.05, 3.63) is 29.8 Å². The molecule has 0 aliphatic carbocycles. The number of hydrogen-bond donors (Lipinski definition) is 0. The Morgan fingerprint density at radius 2 is 2.14 bits per heavy atom. The van der Waals surface area contributed by atoms with Crippen LogP contribution in [0.3, 0.4) is 0 Å². The summed E-state index contributed by atoms with van der Waals surface area (Å²) >= 11 is 1.89. The first kappa shape index (κ1) is 15.6. The molecule has 0 fully saturated rings. The maximum Gasteiger partial charge on any atom is 0.243 e. The van der Waals surface area contributed by atoms with Gasteiger partial charge in [0.2, 0.25) is 5.91 Å². The number of unbranched alkanes of at least 4 members (excludes halogenated alkanes) is 3. The van der Waals surface area contributed by atoms with Crippen molar-refractivity contribution < 1.29 is 4.79 Å². The van der Waals surface area contributed by atoms with Crippen LogP contribution in [0.15, 0.2) is 34.3 Å². The fourth-order valence-corrected chi connectivity index (χ4v) is 4.30. The van der Waals surface area contributed by atoms with Crippen LogP contribution < -0.4 is 0 Å². The fraction of sp³-hybridized carbons (Fsp3) is 0.556. The topological polar surface area (TPSA) is 32.7 Å². The Hall–Kier alpha value is -1.29.